The number of hydrogen-bond donors (Lipinski definition) is 4. The Hall–Kier alpha value is -3.32. The molecule has 0 radical (unpaired) electrons. The van der Waals surface area contributed by atoms with Crippen LogP contribution in [0.15, 0.2) is 94.9 Å². The quantitative estimate of drug-likeness (QED) is 0.264. The first-order chi connectivity index (χ1) is 15.5. The van der Waals surface area contributed by atoms with Gasteiger partial charge < -0.3 is 22.1 Å². The Kier molecular flexibility index (Phi) is 10.4. The monoisotopic (exact) mass is 508 g/mol. The summed E-state index contributed by atoms with van der Waals surface area (Å²) in [6, 6.07) is 28.6. The van der Waals surface area contributed by atoms with Crippen LogP contribution in [0.4, 0.5) is 0 Å². The Morgan fingerprint density at radius 1 is 0.667 bits per heavy atom. The molecule has 3 rings (SSSR count). The second-order valence-corrected chi connectivity index (χ2v) is 7.78. The van der Waals surface area contributed by atoms with Gasteiger partial charge in [0.1, 0.15) is 0 Å². The Morgan fingerprint density at radius 2 is 1.06 bits per heavy atom. The summed E-state index contributed by atoms with van der Waals surface area (Å²) in [7, 11) is 0. The van der Waals surface area contributed by atoms with E-state index in [-0.39, 0.29) is 29.1 Å². The molecule has 6 nitrogen and oxygen atoms in total. The van der Waals surface area contributed by atoms with Gasteiger partial charge in [-0.15, -0.1) is 17.0 Å². The van der Waals surface area contributed by atoms with E-state index in [0.29, 0.717) is 25.0 Å². The molecule has 7 heteroatoms. The molecular formula is C26H33BrN6. The van der Waals surface area contributed by atoms with Crippen LogP contribution in [0.25, 0.3) is 0 Å². The molecule has 0 bridgehead atoms. The highest BCUT2D eigenvalue weighted by Gasteiger charge is 2.06. The molecule has 0 aliphatic heterocycles. The Balaban J connectivity index is 0.00000385. The summed E-state index contributed by atoms with van der Waals surface area (Å²) in [6.45, 7) is 5.12. The van der Waals surface area contributed by atoms with Crippen molar-refractivity contribution in [3.05, 3.63) is 107 Å². The van der Waals surface area contributed by atoms with E-state index in [0.717, 1.165) is 11.1 Å². The number of guanidine groups is 2. The SMILES string of the molecule is Br.CC(NC(N)=NCc1cccc(CN=C(N)NC(C)c2ccccc2)c1)c1ccccc1. The molecule has 0 aliphatic rings. The smallest absolute Gasteiger partial charge is 0.189 e. The number of halogens is 1. The fourth-order valence-corrected chi connectivity index (χ4v) is 3.36. The third-order valence-electron chi connectivity index (χ3n) is 5.18. The minimum absolute atomic E-state index is 0. The molecule has 0 saturated heterocycles. The Morgan fingerprint density at radius 3 is 1.45 bits per heavy atom. The predicted molar refractivity (Wildman–Crippen MR) is 143 cm³/mol. The lowest BCUT2D eigenvalue weighted by Gasteiger charge is -2.15. The normalized spacial score (nSPS) is 13.5. The molecule has 0 spiro atoms. The molecule has 0 amide bonds. The number of hydrogen-bond acceptors (Lipinski definition) is 2. The zero-order valence-corrected chi connectivity index (χ0v) is 20.8. The minimum Gasteiger partial charge on any atom is -0.370 e. The third-order valence-corrected chi connectivity index (χ3v) is 5.18. The second-order valence-electron chi connectivity index (χ2n) is 7.78. The van der Waals surface area contributed by atoms with Crippen molar-refractivity contribution in [2.45, 2.75) is 39.0 Å². The van der Waals surface area contributed by atoms with Crippen molar-refractivity contribution in [2.24, 2.45) is 21.5 Å². The number of aliphatic imine (C=N–C) groups is 2. The van der Waals surface area contributed by atoms with Crippen LogP contribution < -0.4 is 22.1 Å². The van der Waals surface area contributed by atoms with Crippen LogP contribution in [0.2, 0.25) is 0 Å². The van der Waals surface area contributed by atoms with Gasteiger partial charge in [0.25, 0.3) is 0 Å². The number of nitrogens with one attached hydrogen (secondary N) is 2. The largest absolute Gasteiger partial charge is 0.370 e. The lowest BCUT2D eigenvalue weighted by Crippen LogP contribution is -2.33. The lowest BCUT2D eigenvalue weighted by atomic mass is 10.1. The first kappa shape index (κ1) is 25.9. The average molecular weight is 509 g/mol. The van der Waals surface area contributed by atoms with Crippen molar-refractivity contribution >= 4 is 28.9 Å². The van der Waals surface area contributed by atoms with E-state index >= 15 is 0 Å². The second kappa shape index (κ2) is 13.3. The molecular weight excluding hydrogens is 476 g/mol. The molecule has 6 N–H and O–H groups in total. The van der Waals surface area contributed by atoms with E-state index in [1.165, 1.54) is 11.1 Å². The number of nitrogens with zero attached hydrogens (tertiary/aromatic N) is 2. The first-order valence-electron chi connectivity index (χ1n) is 10.8. The molecule has 0 aliphatic carbocycles. The van der Waals surface area contributed by atoms with Gasteiger partial charge in [0, 0.05) is 0 Å². The standard InChI is InChI=1S/C26H32N6.BrH/c1-19(23-12-5-3-6-13-23)31-25(27)29-17-21-10-9-11-22(16-21)18-30-26(28)32-20(2)24-14-7-4-8-15-24;/h3-16,19-20H,17-18H2,1-2H3,(H3,27,29,31)(H3,28,30,32);1H. The maximum absolute atomic E-state index is 6.08. The molecule has 3 aromatic rings. The highest BCUT2D eigenvalue weighted by Crippen LogP contribution is 2.12. The van der Waals surface area contributed by atoms with Gasteiger partial charge in [0.2, 0.25) is 0 Å². The molecule has 0 saturated carbocycles. The van der Waals surface area contributed by atoms with Crippen molar-refractivity contribution in [1.82, 2.24) is 10.6 Å². The summed E-state index contributed by atoms with van der Waals surface area (Å²) in [5, 5.41) is 6.47. The van der Waals surface area contributed by atoms with Crippen LogP contribution in [0.1, 0.15) is 48.2 Å². The van der Waals surface area contributed by atoms with Gasteiger partial charge in [0.05, 0.1) is 25.2 Å². The van der Waals surface area contributed by atoms with Crippen LogP contribution in [0.5, 0.6) is 0 Å². The van der Waals surface area contributed by atoms with Crippen LogP contribution >= 0.6 is 17.0 Å². The lowest BCUT2D eigenvalue weighted by molar-refractivity contribution is 0.707. The number of nitrogens with two attached hydrogens (primary N) is 2. The molecule has 2 atom stereocenters. The molecule has 0 heterocycles. The van der Waals surface area contributed by atoms with Crippen molar-refractivity contribution in [3.8, 4) is 0 Å². The predicted octanol–water partition coefficient (Wildman–Crippen LogP) is 4.60. The van der Waals surface area contributed by atoms with Gasteiger partial charge in [-0.3, -0.25) is 0 Å². The first-order valence-corrected chi connectivity index (χ1v) is 10.8. The van der Waals surface area contributed by atoms with Gasteiger partial charge in [-0.05, 0) is 36.1 Å². The molecule has 33 heavy (non-hydrogen) atoms. The summed E-state index contributed by atoms with van der Waals surface area (Å²) >= 11 is 0. The van der Waals surface area contributed by atoms with Crippen LogP contribution in [-0.2, 0) is 13.1 Å². The zero-order chi connectivity index (χ0) is 22.8. The number of benzene rings is 3. The van der Waals surface area contributed by atoms with Crippen molar-refractivity contribution in [3.63, 3.8) is 0 Å². The molecule has 0 aromatic heterocycles. The van der Waals surface area contributed by atoms with E-state index in [1.54, 1.807) is 0 Å². The van der Waals surface area contributed by atoms with E-state index in [1.807, 2.05) is 54.6 Å². The highest BCUT2D eigenvalue weighted by atomic mass is 79.9. The van der Waals surface area contributed by atoms with E-state index in [4.69, 9.17) is 11.5 Å². The fourth-order valence-electron chi connectivity index (χ4n) is 3.36. The van der Waals surface area contributed by atoms with Gasteiger partial charge in [0.15, 0.2) is 11.9 Å². The summed E-state index contributed by atoms with van der Waals surface area (Å²) in [5.41, 5.74) is 16.6. The maximum atomic E-state index is 6.08. The van der Waals surface area contributed by atoms with Gasteiger partial charge >= 0.3 is 0 Å². The number of rotatable bonds is 8. The van der Waals surface area contributed by atoms with E-state index in [9.17, 15) is 0 Å². The van der Waals surface area contributed by atoms with E-state index < -0.39 is 0 Å². The van der Waals surface area contributed by atoms with Crippen LogP contribution in [0, 0.1) is 0 Å². The Bertz CT molecular complexity index is 956. The highest BCUT2D eigenvalue weighted by molar-refractivity contribution is 8.93. The van der Waals surface area contributed by atoms with Gasteiger partial charge in [-0.1, -0.05) is 84.9 Å². The van der Waals surface area contributed by atoms with Gasteiger partial charge in [-0.25, -0.2) is 9.98 Å². The van der Waals surface area contributed by atoms with Crippen molar-refractivity contribution in [1.29, 1.82) is 0 Å². The van der Waals surface area contributed by atoms with Crippen molar-refractivity contribution in [2.75, 3.05) is 0 Å². The minimum atomic E-state index is 0. The summed E-state index contributed by atoms with van der Waals surface area (Å²) in [6.07, 6.45) is 0. The molecule has 174 valence electrons. The summed E-state index contributed by atoms with van der Waals surface area (Å²) < 4.78 is 0. The van der Waals surface area contributed by atoms with Crippen LogP contribution in [-0.4, -0.2) is 11.9 Å². The average Bonchev–Trinajstić information content (AvgIpc) is 2.83. The molecule has 3 aromatic carbocycles. The Labute approximate surface area is 207 Å². The topological polar surface area (TPSA) is 101 Å². The maximum Gasteiger partial charge on any atom is 0.189 e. The van der Waals surface area contributed by atoms with E-state index in [2.05, 4.69) is 64.8 Å². The molecule has 2 unspecified atom stereocenters. The summed E-state index contributed by atoms with van der Waals surface area (Å²) in [4.78, 5) is 8.96. The summed E-state index contributed by atoms with van der Waals surface area (Å²) in [5.74, 6) is 0.848. The molecule has 0 fully saturated rings. The van der Waals surface area contributed by atoms with Crippen molar-refractivity contribution < 1.29 is 0 Å². The zero-order valence-electron chi connectivity index (χ0n) is 19.1. The van der Waals surface area contributed by atoms with Crippen LogP contribution in [0.3, 0.4) is 0 Å². The third kappa shape index (κ3) is 8.61. The fraction of sp³-hybridized carbons (Fsp3) is 0.231. The van der Waals surface area contributed by atoms with Gasteiger partial charge in [-0.2, -0.15) is 0 Å².